The molecule has 0 aliphatic rings. The van der Waals surface area contributed by atoms with E-state index in [1.54, 1.807) is 0 Å². The average Bonchev–Trinajstić information content (AvgIpc) is 2.51. The van der Waals surface area contributed by atoms with Crippen LogP contribution in [0.4, 0.5) is 0 Å². The topological polar surface area (TPSA) is 0 Å². The van der Waals surface area contributed by atoms with Gasteiger partial charge in [-0.1, -0.05) is 91.0 Å². The lowest BCUT2D eigenvalue weighted by atomic mass is 10.4. The highest BCUT2D eigenvalue weighted by Gasteiger charge is 2.14. The van der Waals surface area contributed by atoms with Gasteiger partial charge in [-0.15, -0.1) is 17.0 Å². The van der Waals surface area contributed by atoms with Gasteiger partial charge in [-0.05, 0) is 23.8 Å². The third-order valence-corrected chi connectivity index (χ3v) is 5.49. The van der Waals surface area contributed by atoms with Gasteiger partial charge in [-0.2, -0.15) is 0 Å². The Kier molecular flexibility index (Phi) is 7.88. The predicted molar refractivity (Wildman–Crippen MR) is 96.6 cm³/mol. The Morgan fingerprint density at radius 3 is 0.952 bits per heavy atom. The summed E-state index contributed by atoms with van der Waals surface area (Å²) in [5.41, 5.74) is 0. The molecule has 0 fully saturated rings. The molecule has 0 aliphatic carbocycles. The lowest BCUT2D eigenvalue weighted by Gasteiger charge is -2.18. The largest absolute Gasteiger partial charge is 1.00 e. The molecule has 0 aliphatic heterocycles. The minimum Gasteiger partial charge on any atom is -1.00 e. The van der Waals surface area contributed by atoms with E-state index >= 15 is 0 Å². The van der Waals surface area contributed by atoms with Gasteiger partial charge >= 0.3 is 1.43 Å². The maximum absolute atomic E-state index is 2.23. The highest BCUT2D eigenvalue weighted by molar-refractivity contribution is 8.93. The molecule has 0 atom stereocenters. The first-order valence-corrected chi connectivity index (χ1v) is 7.74. The molecule has 0 saturated heterocycles. The maximum Gasteiger partial charge on any atom is 1.00 e. The summed E-state index contributed by atoms with van der Waals surface area (Å²) in [6, 6.07) is 32.3. The molecule has 0 amide bonds. The van der Waals surface area contributed by atoms with Crippen molar-refractivity contribution in [3.05, 3.63) is 91.0 Å². The first kappa shape index (κ1) is 18.1. The lowest BCUT2D eigenvalue weighted by Crippen LogP contribution is -3.00. The molecule has 0 N–H and O–H groups in total. The Morgan fingerprint density at radius 1 is 0.476 bits per heavy atom. The van der Waals surface area contributed by atoms with Crippen molar-refractivity contribution < 1.29 is 18.4 Å². The Morgan fingerprint density at radius 2 is 0.714 bits per heavy atom. The molecular weight excluding hydrogens is 407 g/mol. The zero-order valence-electron chi connectivity index (χ0n) is 12.4. The van der Waals surface area contributed by atoms with E-state index in [1.807, 2.05) is 0 Å². The summed E-state index contributed by atoms with van der Waals surface area (Å²) in [6.07, 6.45) is 0. The molecule has 0 spiro atoms. The highest BCUT2D eigenvalue weighted by atomic mass is 79.9. The van der Waals surface area contributed by atoms with E-state index in [0.29, 0.717) is 0 Å². The van der Waals surface area contributed by atoms with Crippen LogP contribution in [-0.4, -0.2) is 0 Å². The summed E-state index contributed by atoms with van der Waals surface area (Å²) < 4.78 is 0. The molecule has 0 unspecified atom stereocenters. The SMILES string of the molecule is Br.[Br-].[H+].c1ccc(P(c2ccccc2)c2ccccc2)cc1. The van der Waals surface area contributed by atoms with E-state index in [1.165, 1.54) is 15.9 Å². The van der Waals surface area contributed by atoms with Crippen LogP contribution in [0.2, 0.25) is 0 Å². The summed E-state index contributed by atoms with van der Waals surface area (Å²) >= 11 is 0. The van der Waals surface area contributed by atoms with E-state index in [2.05, 4.69) is 91.0 Å². The van der Waals surface area contributed by atoms with Crippen molar-refractivity contribution in [3.63, 3.8) is 0 Å². The Labute approximate surface area is 150 Å². The van der Waals surface area contributed by atoms with Gasteiger partial charge in [-0.3, -0.25) is 0 Å². The predicted octanol–water partition coefficient (Wildman–Crippen LogP) is 1.14. The molecule has 3 heteroatoms. The van der Waals surface area contributed by atoms with E-state index in [0.717, 1.165) is 0 Å². The minimum atomic E-state index is -0.446. The van der Waals surface area contributed by atoms with E-state index in [-0.39, 0.29) is 35.4 Å². The fraction of sp³-hybridized carbons (Fsp3) is 0. The van der Waals surface area contributed by atoms with Crippen molar-refractivity contribution in [1.82, 2.24) is 0 Å². The summed E-state index contributed by atoms with van der Waals surface area (Å²) in [6.45, 7) is 0. The van der Waals surface area contributed by atoms with Gasteiger partial charge in [0.25, 0.3) is 0 Å². The molecule has 0 saturated carbocycles. The second-order valence-corrected chi connectivity index (χ2v) is 6.56. The van der Waals surface area contributed by atoms with Crippen LogP contribution in [0.25, 0.3) is 0 Å². The van der Waals surface area contributed by atoms with Gasteiger partial charge in [0.15, 0.2) is 0 Å². The summed E-state index contributed by atoms with van der Waals surface area (Å²) in [4.78, 5) is 0. The molecule has 3 aromatic carbocycles. The van der Waals surface area contributed by atoms with E-state index < -0.39 is 7.92 Å². The standard InChI is InChI=1S/C18H15P.2BrH/c1-4-10-16(11-5-1)19(17-12-6-2-7-13-17)18-14-8-3-9-15-18;;/h1-15H;2*1H. The number of benzene rings is 3. The van der Waals surface area contributed by atoms with Gasteiger partial charge in [0, 0.05) is 0 Å². The normalized spacial score (nSPS) is 9.57. The van der Waals surface area contributed by atoms with Crippen LogP contribution in [0.5, 0.6) is 0 Å². The van der Waals surface area contributed by atoms with E-state index in [4.69, 9.17) is 0 Å². The van der Waals surface area contributed by atoms with Crippen molar-refractivity contribution in [1.29, 1.82) is 0 Å². The van der Waals surface area contributed by atoms with Crippen LogP contribution in [0.15, 0.2) is 91.0 Å². The minimum absolute atomic E-state index is 0. The molecule has 3 rings (SSSR count). The Balaban J connectivity index is 0.00000147. The lowest BCUT2D eigenvalue weighted by molar-refractivity contribution is -0.00000369. The van der Waals surface area contributed by atoms with Crippen molar-refractivity contribution >= 4 is 40.8 Å². The second-order valence-electron chi connectivity index (χ2n) is 4.34. The zero-order valence-corrected chi connectivity index (χ0v) is 15.6. The quantitative estimate of drug-likeness (QED) is 0.554. The molecule has 0 nitrogen and oxygen atoms in total. The van der Waals surface area contributed by atoms with Gasteiger partial charge in [0.05, 0.1) is 0 Å². The third-order valence-electron chi connectivity index (χ3n) is 3.04. The molecule has 0 heterocycles. The van der Waals surface area contributed by atoms with Gasteiger partial charge in [-0.25, -0.2) is 0 Å². The fourth-order valence-corrected chi connectivity index (χ4v) is 4.48. The Bertz CT molecular complexity index is 539. The summed E-state index contributed by atoms with van der Waals surface area (Å²) in [7, 11) is -0.446. The molecule has 0 aromatic heterocycles. The molecule has 108 valence electrons. The smallest absolute Gasteiger partial charge is 1.00 e. The van der Waals surface area contributed by atoms with Gasteiger partial charge in [0.2, 0.25) is 0 Å². The second kappa shape index (κ2) is 9.15. The monoisotopic (exact) mass is 422 g/mol. The van der Waals surface area contributed by atoms with Crippen molar-refractivity contribution in [2.24, 2.45) is 0 Å². The summed E-state index contributed by atoms with van der Waals surface area (Å²) in [5.74, 6) is 0. The third kappa shape index (κ3) is 4.51. The maximum atomic E-state index is 2.23. The van der Waals surface area contributed by atoms with Gasteiger partial charge in [0.1, 0.15) is 0 Å². The average molecular weight is 424 g/mol. The molecular formula is C18H17Br2P. The van der Waals surface area contributed by atoms with Crippen LogP contribution in [0.1, 0.15) is 1.43 Å². The summed E-state index contributed by atoms with van der Waals surface area (Å²) in [5, 5.41) is 4.19. The van der Waals surface area contributed by atoms with Crippen LogP contribution < -0.4 is 32.9 Å². The number of hydrogen-bond acceptors (Lipinski definition) is 0. The molecule has 21 heavy (non-hydrogen) atoms. The first-order valence-electron chi connectivity index (χ1n) is 6.40. The number of hydrogen-bond donors (Lipinski definition) is 0. The zero-order chi connectivity index (χ0) is 12.9. The van der Waals surface area contributed by atoms with Crippen molar-refractivity contribution in [3.8, 4) is 0 Å². The van der Waals surface area contributed by atoms with Crippen LogP contribution in [0, 0.1) is 0 Å². The number of rotatable bonds is 3. The van der Waals surface area contributed by atoms with Gasteiger partial charge < -0.3 is 17.0 Å². The number of halogens is 2. The molecule has 3 aromatic rings. The van der Waals surface area contributed by atoms with Crippen LogP contribution >= 0.6 is 24.9 Å². The molecule has 0 radical (unpaired) electrons. The van der Waals surface area contributed by atoms with Crippen LogP contribution in [0.3, 0.4) is 0 Å². The molecule has 0 bridgehead atoms. The highest BCUT2D eigenvalue weighted by Crippen LogP contribution is 2.32. The fourth-order valence-electron chi connectivity index (χ4n) is 2.18. The Hall–Kier alpha value is -0.950. The van der Waals surface area contributed by atoms with Crippen molar-refractivity contribution in [2.75, 3.05) is 0 Å². The first-order chi connectivity index (χ1) is 9.45. The van der Waals surface area contributed by atoms with Crippen LogP contribution in [-0.2, 0) is 0 Å². The van der Waals surface area contributed by atoms with Crippen molar-refractivity contribution in [2.45, 2.75) is 0 Å². The van der Waals surface area contributed by atoms with E-state index in [9.17, 15) is 0 Å².